The first-order valence-electron chi connectivity index (χ1n) is 13.7. The van der Waals surface area contributed by atoms with Crippen molar-refractivity contribution >= 4 is 54.1 Å². The van der Waals surface area contributed by atoms with Crippen molar-refractivity contribution in [1.82, 2.24) is 26.7 Å². The molecule has 0 aliphatic rings. The molecule has 0 rings (SSSR count). The van der Waals surface area contributed by atoms with Crippen LogP contribution >= 0.6 is 12.6 Å². The number of azide groups is 1. The van der Waals surface area contributed by atoms with E-state index in [4.69, 9.17) is 28.5 Å². The standard InChI is InChI=1S/C23H44N14O6S/c1-13(38)32-14(6-2-3-11-31-37-36-28)18(39)33-15(7-4-9-29-22(24)25)19(40)34-16(8-5-10-30-23(26)27)20(41)35-17(12-44)21(42)43/h14-17,31,44H,2-12H2,1H3,(H,32,38)(H,33,39)(H,34,40)(H,35,41)(H,42,43)(H4,24,25,29)(H4,26,27,30)/t14-,15+,16+,17+/m0/s1. The number of carbonyl (C=O) groups is 5. The molecule has 0 heterocycles. The summed E-state index contributed by atoms with van der Waals surface area (Å²) in [6.07, 6.45) is 1.77. The van der Waals surface area contributed by atoms with E-state index in [0.29, 0.717) is 19.4 Å². The Morgan fingerprint density at radius 3 is 1.57 bits per heavy atom. The fourth-order valence-corrected chi connectivity index (χ4v) is 3.94. The molecule has 0 aliphatic heterocycles. The number of thiol groups is 1. The highest BCUT2D eigenvalue weighted by Gasteiger charge is 2.30. The predicted octanol–water partition coefficient (Wildman–Crippen LogP) is -2.95. The number of rotatable bonds is 23. The molecule has 4 amide bonds. The van der Waals surface area contributed by atoms with Gasteiger partial charge < -0.3 is 49.3 Å². The predicted molar refractivity (Wildman–Crippen MR) is 166 cm³/mol. The number of hydrogen-bond acceptors (Lipinski definition) is 9. The molecule has 21 heteroatoms. The molecule has 0 saturated carbocycles. The first-order valence-corrected chi connectivity index (χ1v) is 14.3. The summed E-state index contributed by atoms with van der Waals surface area (Å²) in [4.78, 5) is 73.1. The van der Waals surface area contributed by atoms with Crippen LogP contribution in [0.3, 0.4) is 0 Å². The van der Waals surface area contributed by atoms with Gasteiger partial charge in [-0.15, -0.1) is 5.53 Å². The Balaban J connectivity index is 5.87. The number of amides is 4. The molecule has 20 nitrogen and oxygen atoms in total. The Morgan fingerprint density at radius 1 is 0.750 bits per heavy atom. The second-order valence-electron chi connectivity index (χ2n) is 9.45. The molecule has 0 aromatic rings. The van der Waals surface area contributed by atoms with Crippen LogP contribution in [0.15, 0.2) is 15.2 Å². The summed E-state index contributed by atoms with van der Waals surface area (Å²) >= 11 is 3.94. The first-order chi connectivity index (χ1) is 20.8. The number of carbonyl (C=O) groups excluding carboxylic acids is 4. The maximum Gasteiger partial charge on any atom is 0.327 e. The molecule has 0 aromatic carbocycles. The van der Waals surface area contributed by atoms with Crippen molar-refractivity contribution in [1.29, 1.82) is 0 Å². The van der Waals surface area contributed by atoms with Gasteiger partial charge in [-0.3, -0.25) is 34.6 Å². The number of nitrogens with two attached hydrogens (primary N) is 4. The summed E-state index contributed by atoms with van der Waals surface area (Å²) in [7, 11) is 0. The zero-order valence-corrected chi connectivity index (χ0v) is 25.5. The maximum atomic E-state index is 13.4. The molecular weight excluding hydrogens is 600 g/mol. The Bertz CT molecular complexity index is 1060. The largest absolute Gasteiger partial charge is 0.480 e. The Morgan fingerprint density at radius 2 is 1.18 bits per heavy atom. The van der Waals surface area contributed by atoms with Gasteiger partial charge in [-0.2, -0.15) is 17.5 Å². The van der Waals surface area contributed by atoms with Crippen LogP contribution in [-0.2, 0) is 24.0 Å². The van der Waals surface area contributed by atoms with E-state index in [1.165, 1.54) is 6.92 Å². The second-order valence-corrected chi connectivity index (χ2v) is 9.81. The highest BCUT2D eigenvalue weighted by atomic mass is 32.1. The van der Waals surface area contributed by atoms with E-state index in [1.54, 1.807) is 0 Å². The average molecular weight is 645 g/mol. The molecule has 4 atom stereocenters. The van der Waals surface area contributed by atoms with E-state index in [0.717, 1.165) is 0 Å². The topological polar surface area (TPSA) is 343 Å². The van der Waals surface area contributed by atoms with E-state index in [2.05, 4.69) is 59.4 Å². The summed E-state index contributed by atoms with van der Waals surface area (Å²) < 4.78 is 0. The number of nitrogens with zero attached hydrogens (tertiary/aromatic N) is 5. The maximum absolute atomic E-state index is 13.4. The highest BCUT2D eigenvalue weighted by molar-refractivity contribution is 7.80. The third-order valence-electron chi connectivity index (χ3n) is 5.79. The summed E-state index contributed by atoms with van der Waals surface area (Å²) in [5, 5.41) is 22.6. The highest BCUT2D eigenvalue weighted by Crippen LogP contribution is 2.07. The van der Waals surface area contributed by atoms with Gasteiger partial charge in [-0.25, -0.2) is 4.79 Å². The zero-order valence-electron chi connectivity index (χ0n) is 24.6. The van der Waals surface area contributed by atoms with Gasteiger partial charge >= 0.3 is 5.97 Å². The van der Waals surface area contributed by atoms with Gasteiger partial charge in [0.05, 0.1) is 6.54 Å². The molecule has 14 N–H and O–H groups in total. The molecule has 0 spiro atoms. The molecular formula is C23H44N14O6S. The molecule has 0 radical (unpaired) electrons. The molecule has 0 fully saturated rings. The molecule has 0 aliphatic carbocycles. The fourth-order valence-electron chi connectivity index (χ4n) is 3.70. The quantitative estimate of drug-likeness (QED) is 0.00780. The Hall–Kier alpha value is -4.65. The normalized spacial score (nSPS) is 13.0. The van der Waals surface area contributed by atoms with Crippen LogP contribution in [-0.4, -0.2) is 96.2 Å². The van der Waals surface area contributed by atoms with E-state index in [1.807, 2.05) is 0 Å². The number of aliphatic carboxylic acids is 1. The second kappa shape index (κ2) is 22.9. The summed E-state index contributed by atoms with van der Waals surface area (Å²) in [5.74, 6) is -4.51. The van der Waals surface area contributed by atoms with Crippen molar-refractivity contribution in [2.45, 2.75) is 76.0 Å². The number of aliphatic imine (C=N–C) groups is 2. The van der Waals surface area contributed by atoms with Crippen molar-refractivity contribution in [2.75, 3.05) is 25.4 Å². The Labute approximate surface area is 260 Å². The van der Waals surface area contributed by atoms with Crippen LogP contribution in [0, 0.1) is 0 Å². The van der Waals surface area contributed by atoms with E-state index < -0.39 is 53.8 Å². The number of guanidine groups is 2. The fraction of sp³-hybridized carbons (Fsp3) is 0.696. The molecule has 0 aromatic heterocycles. The van der Waals surface area contributed by atoms with Gasteiger partial charge in [0.1, 0.15) is 24.2 Å². The smallest absolute Gasteiger partial charge is 0.327 e. The zero-order chi connectivity index (χ0) is 33.5. The van der Waals surface area contributed by atoms with E-state index in [9.17, 15) is 29.1 Å². The average Bonchev–Trinajstić information content (AvgIpc) is 2.94. The molecule has 248 valence electrons. The van der Waals surface area contributed by atoms with Gasteiger partial charge in [0.15, 0.2) is 11.9 Å². The third kappa shape index (κ3) is 18.7. The van der Waals surface area contributed by atoms with Crippen molar-refractivity contribution in [3.8, 4) is 0 Å². The van der Waals surface area contributed by atoms with Crippen LogP contribution in [0.25, 0.3) is 10.4 Å². The van der Waals surface area contributed by atoms with Crippen molar-refractivity contribution in [3.63, 3.8) is 0 Å². The van der Waals surface area contributed by atoms with Crippen molar-refractivity contribution < 1.29 is 29.1 Å². The lowest BCUT2D eigenvalue weighted by Crippen LogP contribution is -2.57. The minimum absolute atomic E-state index is 0.0281. The van der Waals surface area contributed by atoms with Crippen LogP contribution < -0.4 is 49.6 Å². The number of nitrogens with one attached hydrogen (secondary N) is 5. The van der Waals surface area contributed by atoms with Crippen molar-refractivity contribution in [2.24, 2.45) is 38.1 Å². The van der Waals surface area contributed by atoms with Crippen molar-refractivity contribution in [3.05, 3.63) is 10.4 Å². The van der Waals surface area contributed by atoms with Crippen LogP contribution in [0.2, 0.25) is 0 Å². The third-order valence-corrected chi connectivity index (χ3v) is 6.16. The lowest BCUT2D eigenvalue weighted by atomic mass is 10.0. The van der Waals surface area contributed by atoms with E-state index in [-0.39, 0.29) is 62.9 Å². The molecule has 0 bridgehead atoms. The van der Waals surface area contributed by atoms with Crippen LogP contribution in [0.5, 0.6) is 0 Å². The SMILES string of the molecule is CC(=O)N[C@@H](CCCCNN=[N+]=[N-])C(=O)N[C@H](CCCN=C(N)N)C(=O)N[C@H](CCCN=C(N)N)C(=O)N[C@H](CS)C(=O)O. The number of carboxylic acids is 1. The van der Waals surface area contributed by atoms with Crippen LogP contribution in [0.1, 0.15) is 51.9 Å². The Kier molecular flexibility index (Phi) is 20.5. The minimum atomic E-state index is -1.32. The van der Waals surface area contributed by atoms with Crippen LogP contribution in [0.4, 0.5) is 0 Å². The van der Waals surface area contributed by atoms with Gasteiger partial charge in [-0.1, -0.05) is 0 Å². The number of hydrogen-bond donors (Lipinski definition) is 11. The molecule has 0 unspecified atom stereocenters. The molecule has 44 heavy (non-hydrogen) atoms. The van der Waals surface area contributed by atoms with E-state index >= 15 is 0 Å². The lowest BCUT2D eigenvalue weighted by molar-refractivity contribution is -0.141. The first kappa shape index (κ1) is 39.3. The van der Waals surface area contributed by atoms with Gasteiger partial charge in [0, 0.05) is 25.8 Å². The molecule has 0 saturated heterocycles. The monoisotopic (exact) mass is 644 g/mol. The van der Waals surface area contributed by atoms with Gasteiger partial charge in [-0.05, 0) is 50.2 Å². The summed E-state index contributed by atoms with van der Waals surface area (Å²) in [5.41, 5.74) is 32.2. The number of carboxylic acid groups (broad SMARTS) is 1. The number of unbranched alkanes of at least 4 members (excludes halogenated alkanes) is 1. The minimum Gasteiger partial charge on any atom is -0.480 e. The van der Waals surface area contributed by atoms with Gasteiger partial charge in [0.2, 0.25) is 23.6 Å². The summed E-state index contributed by atoms with van der Waals surface area (Å²) in [6, 6.07) is -4.72. The van der Waals surface area contributed by atoms with Gasteiger partial charge in [0.25, 0.3) is 0 Å². The summed E-state index contributed by atoms with van der Waals surface area (Å²) in [6.45, 7) is 1.85. The lowest BCUT2D eigenvalue weighted by Gasteiger charge is -2.26.